The van der Waals surface area contributed by atoms with Crippen LogP contribution in [0.5, 0.6) is 5.75 Å². The summed E-state index contributed by atoms with van der Waals surface area (Å²) in [5.41, 5.74) is 11.1. The molecule has 4 atom stereocenters. The molecule has 1 aromatic carbocycles. The van der Waals surface area contributed by atoms with Crippen LogP contribution < -0.4 is 37.3 Å². The molecule has 1 aliphatic rings. The molecule has 1 aromatic rings. The van der Waals surface area contributed by atoms with E-state index in [0.29, 0.717) is 17.9 Å². The number of amides is 6. The van der Waals surface area contributed by atoms with Gasteiger partial charge in [0.1, 0.15) is 29.9 Å². The van der Waals surface area contributed by atoms with E-state index in [2.05, 4.69) is 25.8 Å². The zero-order valence-corrected chi connectivity index (χ0v) is 28.7. The van der Waals surface area contributed by atoms with Crippen molar-refractivity contribution in [3.63, 3.8) is 0 Å². The third-order valence-corrected chi connectivity index (χ3v) is 8.57. The quantitative estimate of drug-likeness (QED) is 0.0734. The van der Waals surface area contributed by atoms with Crippen molar-refractivity contribution >= 4 is 49.2 Å². The van der Waals surface area contributed by atoms with Crippen LogP contribution in [-0.4, -0.2) is 80.5 Å². The summed E-state index contributed by atoms with van der Waals surface area (Å²) >= 11 is 0. The van der Waals surface area contributed by atoms with E-state index in [1.165, 1.54) is 24.3 Å². The number of carboxylic acid groups (broad SMARTS) is 1. The highest BCUT2D eigenvalue weighted by molar-refractivity contribution is 7.46. The number of rotatable bonds is 21. The molecular formula is C31H47N6O12P. The van der Waals surface area contributed by atoms with Gasteiger partial charge in [-0.1, -0.05) is 44.2 Å². The van der Waals surface area contributed by atoms with Crippen molar-refractivity contribution in [2.45, 2.75) is 108 Å². The molecule has 50 heavy (non-hydrogen) atoms. The number of nitrogens with two attached hydrogens (primary N) is 2. The second kappa shape index (κ2) is 20.2. The number of phosphoric acid groups is 1. The van der Waals surface area contributed by atoms with Crippen LogP contribution in [-0.2, 0) is 44.5 Å². The van der Waals surface area contributed by atoms with E-state index in [9.17, 15) is 43.2 Å². The molecule has 0 aromatic heterocycles. The lowest BCUT2D eigenvalue weighted by Gasteiger charge is -2.27. The van der Waals surface area contributed by atoms with Gasteiger partial charge in [-0.3, -0.25) is 43.3 Å². The number of carbonyl (C=O) groups is 7. The van der Waals surface area contributed by atoms with E-state index in [1.54, 1.807) is 0 Å². The van der Waals surface area contributed by atoms with Crippen LogP contribution in [0.25, 0.3) is 0 Å². The Hall–Kier alpha value is -4.54. The maximum absolute atomic E-state index is 13.7. The maximum Gasteiger partial charge on any atom is 0.524 e. The number of phosphoric ester groups is 1. The van der Waals surface area contributed by atoms with E-state index in [0.717, 1.165) is 39.0 Å². The third kappa shape index (κ3) is 16.2. The molecule has 18 nitrogen and oxygen atoms in total. The van der Waals surface area contributed by atoms with Gasteiger partial charge in [0, 0.05) is 26.2 Å². The van der Waals surface area contributed by atoms with E-state index < -0.39 is 79.8 Å². The first kappa shape index (κ1) is 41.6. The van der Waals surface area contributed by atoms with Gasteiger partial charge in [0.25, 0.3) is 0 Å². The predicted molar refractivity (Wildman–Crippen MR) is 177 cm³/mol. The van der Waals surface area contributed by atoms with Crippen molar-refractivity contribution in [3.05, 3.63) is 29.8 Å². The molecule has 278 valence electrons. The fourth-order valence-electron chi connectivity index (χ4n) is 5.59. The molecule has 0 radical (unpaired) electrons. The first-order valence-electron chi connectivity index (χ1n) is 16.2. The van der Waals surface area contributed by atoms with Crippen LogP contribution >= 0.6 is 7.82 Å². The predicted octanol–water partition coefficient (Wildman–Crippen LogP) is -0.364. The lowest BCUT2D eigenvalue weighted by molar-refractivity contribution is -0.138. The zero-order valence-electron chi connectivity index (χ0n) is 27.8. The normalized spacial score (nSPS) is 15.7. The second-order valence-electron chi connectivity index (χ2n) is 12.3. The molecule has 2 rings (SSSR count). The molecule has 1 aliphatic carbocycles. The summed E-state index contributed by atoms with van der Waals surface area (Å²) in [6.07, 6.45) is 4.47. The van der Waals surface area contributed by atoms with Crippen LogP contribution in [0.2, 0.25) is 0 Å². The van der Waals surface area contributed by atoms with Crippen molar-refractivity contribution in [2.75, 3.05) is 0 Å². The Kier molecular flexibility index (Phi) is 16.8. The summed E-state index contributed by atoms with van der Waals surface area (Å²) in [5, 5.41) is 19.1. The number of benzene rings is 1. The lowest BCUT2D eigenvalue weighted by Crippen LogP contribution is -2.58. The molecular weight excluding hydrogens is 679 g/mol. The molecule has 0 unspecified atom stereocenters. The molecule has 6 amide bonds. The smallest absolute Gasteiger partial charge is 0.481 e. The van der Waals surface area contributed by atoms with Gasteiger partial charge < -0.3 is 42.4 Å². The summed E-state index contributed by atoms with van der Waals surface area (Å²) in [6.45, 7) is 1.14. The first-order chi connectivity index (χ1) is 23.4. The van der Waals surface area contributed by atoms with Crippen LogP contribution in [0.4, 0.5) is 0 Å². The summed E-state index contributed by atoms with van der Waals surface area (Å²) in [5.74, 6) is -5.95. The topological polar surface area (TPSA) is 307 Å². The molecule has 1 saturated carbocycles. The Morgan fingerprint density at radius 1 is 0.780 bits per heavy atom. The number of primary amides is 2. The number of hydrogen-bond acceptors (Lipinski definition) is 9. The molecule has 1 fully saturated rings. The van der Waals surface area contributed by atoms with Gasteiger partial charge in [0.15, 0.2) is 0 Å². The minimum Gasteiger partial charge on any atom is -0.481 e. The van der Waals surface area contributed by atoms with Crippen molar-refractivity contribution in [1.82, 2.24) is 21.3 Å². The lowest BCUT2D eigenvalue weighted by atomic mass is 9.85. The van der Waals surface area contributed by atoms with Gasteiger partial charge in [-0.2, -0.15) is 0 Å². The minimum absolute atomic E-state index is 0.192. The number of hydrogen-bond donors (Lipinski definition) is 9. The SMILES string of the molecule is CC(=O)N[C@@H](CCC(N)=O)C(=O)N[C@@H](Cc1ccc(OP(=O)(O)O)cc1)C(=O)N[C@@H](CCC(=O)O)C(=O)N[C@@H](CCC1CCCCC1)C(N)=O. The molecule has 19 heteroatoms. The van der Waals surface area contributed by atoms with Gasteiger partial charge in [-0.05, 0) is 49.3 Å². The average molecular weight is 727 g/mol. The van der Waals surface area contributed by atoms with Crippen LogP contribution in [0, 0.1) is 5.92 Å². The van der Waals surface area contributed by atoms with Gasteiger partial charge in [-0.25, -0.2) is 4.57 Å². The zero-order chi connectivity index (χ0) is 37.4. The Labute approximate surface area is 289 Å². The number of aliphatic carboxylic acids is 1. The second-order valence-corrected chi connectivity index (χ2v) is 13.5. The summed E-state index contributed by atoms with van der Waals surface area (Å²) in [7, 11) is -4.87. The van der Waals surface area contributed by atoms with Gasteiger partial charge >= 0.3 is 13.8 Å². The standard InChI is InChI=1S/C31H47N6O12P/c1-18(38)34-23(13-15-26(32)39)29(43)37-25(17-20-7-10-21(11-8-20)49-50(46,47)48)31(45)36-24(14-16-27(40)41)30(44)35-22(28(33)42)12-9-19-5-3-2-4-6-19/h7-8,10-11,19,22-25H,2-6,9,12-17H2,1H3,(H2,32,39)(H2,33,42)(H,34,38)(H,35,44)(H,36,45)(H,37,43)(H,40,41)(H2,46,47,48)/t22-,23-,24-,25-/m0/s1. The highest BCUT2D eigenvalue weighted by Crippen LogP contribution is 2.37. The van der Waals surface area contributed by atoms with E-state index >= 15 is 0 Å². The third-order valence-electron chi connectivity index (χ3n) is 8.12. The van der Waals surface area contributed by atoms with Gasteiger partial charge in [0.05, 0.1) is 0 Å². The minimum atomic E-state index is -4.87. The van der Waals surface area contributed by atoms with Gasteiger partial charge in [0.2, 0.25) is 35.4 Å². The van der Waals surface area contributed by atoms with Crippen molar-refractivity contribution in [2.24, 2.45) is 17.4 Å². The number of nitrogens with one attached hydrogen (secondary N) is 4. The van der Waals surface area contributed by atoms with Crippen molar-refractivity contribution in [1.29, 1.82) is 0 Å². The number of carboxylic acids is 1. The van der Waals surface area contributed by atoms with E-state index in [4.69, 9.17) is 21.3 Å². The Bertz CT molecular complexity index is 1410. The van der Waals surface area contributed by atoms with E-state index in [1.807, 2.05) is 0 Å². The molecule has 0 spiro atoms. The molecule has 0 aliphatic heterocycles. The Morgan fingerprint density at radius 3 is 1.82 bits per heavy atom. The van der Waals surface area contributed by atoms with Gasteiger partial charge in [-0.15, -0.1) is 0 Å². The summed E-state index contributed by atoms with van der Waals surface area (Å²) in [6, 6.07) is -0.198. The number of carbonyl (C=O) groups excluding carboxylic acids is 6. The first-order valence-corrected chi connectivity index (χ1v) is 17.8. The fourth-order valence-corrected chi connectivity index (χ4v) is 5.98. The van der Waals surface area contributed by atoms with Crippen LogP contribution in [0.15, 0.2) is 24.3 Å². The summed E-state index contributed by atoms with van der Waals surface area (Å²) < 4.78 is 15.7. The largest absolute Gasteiger partial charge is 0.524 e. The molecule has 11 N–H and O–H groups in total. The average Bonchev–Trinajstić information content (AvgIpc) is 3.02. The highest BCUT2D eigenvalue weighted by Gasteiger charge is 2.32. The maximum atomic E-state index is 13.7. The summed E-state index contributed by atoms with van der Waals surface area (Å²) in [4.78, 5) is 105. The molecule has 0 heterocycles. The monoisotopic (exact) mass is 726 g/mol. The van der Waals surface area contributed by atoms with Crippen LogP contribution in [0.3, 0.4) is 0 Å². The van der Waals surface area contributed by atoms with Crippen molar-refractivity contribution in [3.8, 4) is 5.75 Å². The molecule has 0 saturated heterocycles. The fraction of sp³-hybridized carbons (Fsp3) is 0.581. The highest BCUT2D eigenvalue weighted by atomic mass is 31.2. The van der Waals surface area contributed by atoms with Crippen molar-refractivity contribution < 1.29 is 57.5 Å². The van der Waals surface area contributed by atoms with Crippen LogP contribution in [0.1, 0.15) is 83.1 Å². The van der Waals surface area contributed by atoms with E-state index in [-0.39, 0.29) is 37.9 Å². The Balaban J connectivity index is 2.33. The Morgan fingerprint density at radius 2 is 1.30 bits per heavy atom. The molecule has 0 bridgehead atoms.